The summed E-state index contributed by atoms with van der Waals surface area (Å²) in [7, 11) is 0. The number of hydrogen-bond donors (Lipinski definition) is 1. The summed E-state index contributed by atoms with van der Waals surface area (Å²) < 4.78 is 0. The van der Waals surface area contributed by atoms with Gasteiger partial charge >= 0.3 is 5.97 Å². The minimum atomic E-state index is -0.836. The van der Waals surface area contributed by atoms with E-state index in [-0.39, 0.29) is 0 Å². The molecule has 3 atom stereocenters. The van der Waals surface area contributed by atoms with Gasteiger partial charge in [0.15, 0.2) is 0 Å². The monoisotopic (exact) mass is 302 g/mol. The van der Waals surface area contributed by atoms with Crippen molar-refractivity contribution >= 4 is 5.97 Å². The molecule has 0 bridgehead atoms. The van der Waals surface area contributed by atoms with Crippen LogP contribution in [0.1, 0.15) is 87.1 Å². The molecular weight excluding hydrogens is 272 g/mol. The molecule has 0 radical (unpaired) electrons. The first-order chi connectivity index (χ1) is 10.7. The molecule has 0 saturated heterocycles. The lowest BCUT2D eigenvalue weighted by atomic mass is 9.69. The molecule has 1 N–H and O–H groups in total. The zero-order valence-electron chi connectivity index (χ0n) is 14.1. The van der Waals surface area contributed by atoms with Gasteiger partial charge in [0, 0.05) is 0 Å². The molecule has 1 aliphatic rings. The van der Waals surface area contributed by atoms with Crippen LogP contribution < -0.4 is 0 Å². The summed E-state index contributed by atoms with van der Waals surface area (Å²) >= 11 is 0. The van der Waals surface area contributed by atoms with Crippen LogP contribution in [0, 0.1) is 11.8 Å². The van der Waals surface area contributed by atoms with Gasteiger partial charge in [-0.2, -0.15) is 0 Å². The van der Waals surface area contributed by atoms with Crippen molar-refractivity contribution in [3.63, 3.8) is 0 Å². The number of unbranched alkanes of at least 4 members (excludes halogenated alkanes) is 2. The lowest BCUT2D eigenvalue weighted by Gasteiger charge is -2.36. The van der Waals surface area contributed by atoms with Crippen molar-refractivity contribution < 1.29 is 9.90 Å². The highest BCUT2D eigenvalue weighted by atomic mass is 16.4. The van der Waals surface area contributed by atoms with E-state index in [4.69, 9.17) is 5.11 Å². The van der Waals surface area contributed by atoms with Gasteiger partial charge in [-0.05, 0) is 54.7 Å². The van der Waals surface area contributed by atoms with Gasteiger partial charge in [-0.15, -0.1) is 0 Å². The number of carbonyl (C=O) groups is 1. The van der Waals surface area contributed by atoms with E-state index in [0.29, 0.717) is 11.5 Å². The molecule has 0 aliphatic heterocycles. The maximum Gasteiger partial charge on any atom is 0.335 e. The Morgan fingerprint density at radius 3 is 2.41 bits per heavy atom. The molecule has 0 heterocycles. The molecule has 1 aromatic carbocycles. The first kappa shape index (κ1) is 17.1. The normalized spacial score (nSPS) is 25.1. The van der Waals surface area contributed by atoms with E-state index in [1.54, 1.807) is 12.1 Å². The molecule has 1 fully saturated rings. The molecule has 0 spiro atoms. The molecule has 0 amide bonds. The van der Waals surface area contributed by atoms with E-state index in [2.05, 4.69) is 13.8 Å². The van der Waals surface area contributed by atoms with Gasteiger partial charge < -0.3 is 5.11 Å². The van der Waals surface area contributed by atoms with Gasteiger partial charge in [-0.3, -0.25) is 0 Å². The lowest BCUT2D eigenvalue weighted by Crippen LogP contribution is -2.23. The van der Waals surface area contributed by atoms with Crippen LogP contribution in [0.2, 0.25) is 0 Å². The number of carboxylic acids is 1. The third kappa shape index (κ3) is 4.34. The van der Waals surface area contributed by atoms with Crippen LogP contribution in [0.25, 0.3) is 0 Å². The fourth-order valence-corrected chi connectivity index (χ4v) is 4.06. The summed E-state index contributed by atoms with van der Waals surface area (Å²) in [4.78, 5) is 11.0. The fraction of sp³-hybridized carbons (Fsp3) is 0.650. The number of aromatic carboxylic acids is 1. The minimum Gasteiger partial charge on any atom is -0.478 e. The maximum atomic E-state index is 11.0. The Morgan fingerprint density at radius 2 is 1.82 bits per heavy atom. The first-order valence-electron chi connectivity index (χ1n) is 8.98. The third-order valence-corrected chi connectivity index (χ3v) is 5.47. The van der Waals surface area contributed by atoms with Crippen LogP contribution in [0.4, 0.5) is 0 Å². The van der Waals surface area contributed by atoms with Gasteiger partial charge in [0.1, 0.15) is 0 Å². The molecule has 2 heteroatoms. The standard InChI is InChI=1S/C20H30O2/c1-3-5-6-7-16-10-13-19(14-15(16)4-2)17-8-11-18(12-9-17)20(21)22/h8-9,11-12,15-16,19H,3-7,10,13-14H2,1-2H3,(H,21,22)/t15-,16+,19+/m0/s1. The maximum absolute atomic E-state index is 11.0. The second kappa shape index (κ2) is 8.36. The number of hydrogen-bond acceptors (Lipinski definition) is 1. The van der Waals surface area contributed by atoms with Crippen molar-refractivity contribution in [2.24, 2.45) is 11.8 Å². The van der Waals surface area contributed by atoms with Crippen LogP contribution in [0.15, 0.2) is 24.3 Å². The van der Waals surface area contributed by atoms with Gasteiger partial charge in [-0.1, -0.05) is 58.1 Å². The Morgan fingerprint density at radius 1 is 1.09 bits per heavy atom. The van der Waals surface area contributed by atoms with Crippen LogP contribution >= 0.6 is 0 Å². The summed E-state index contributed by atoms with van der Waals surface area (Å²) in [6, 6.07) is 7.56. The molecule has 0 unspecified atom stereocenters. The summed E-state index contributed by atoms with van der Waals surface area (Å²) in [5.41, 5.74) is 1.72. The summed E-state index contributed by atoms with van der Waals surface area (Å²) in [6.45, 7) is 4.60. The smallest absolute Gasteiger partial charge is 0.335 e. The largest absolute Gasteiger partial charge is 0.478 e. The van der Waals surface area contributed by atoms with Crippen LogP contribution in [-0.2, 0) is 0 Å². The molecule has 2 rings (SSSR count). The van der Waals surface area contributed by atoms with Gasteiger partial charge in [-0.25, -0.2) is 4.79 Å². The van der Waals surface area contributed by atoms with Crippen molar-refractivity contribution in [1.82, 2.24) is 0 Å². The Labute approximate surface area is 134 Å². The van der Waals surface area contributed by atoms with Crippen molar-refractivity contribution in [3.05, 3.63) is 35.4 Å². The average molecular weight is 302 g/mol. The third-order valence-electron chi connectivity index (χ3n) is 5.47. The lowest BCUT2D eigenvalue weighted by molar-refractivity contribution is 0.0697. The van der Waals surface area contributed by atoms with E-state index in [1.807, 2.05) is 12.1 Å². The molecule has 1 aromatic rings. The number of benzene rings is 1. The van der Waals surface area contributed by atoms with Crippen LogP contribution in [0.5, 0.6) is 0 Å². The van der Waals surface area contributed by atoms with E-state index >= 15 is 0 Å². The Hall–Kier alpha value is -1.31. The van der Waals surface area contributed by atoms with E-state index < -0.39 is 5.97 Å². The predicted molar refractivity (Wildman–Crippen MR) is 91.4 cm³/mol. The van der Waals surface area contributed by atoms with Gasteiger partial charge in [0.2, 0.25) is 0 Å². The van der Waals surface area contributed by atoms with Gasteiger partial charge in [0.05, 0.1) is 5.56 Å². The van der Waals surface area contributed by atoms with E-state index in [0.717, 1.165) is 11.8 Å². The summed E-state index contributed by atoms with van der Waals surface area (Å²) in [6.07, 6.45) is 10.6. The first-order valence-corrected chi connectivity index (χ1v) is 8.98. The average Bonchev–Trinajstić information content (AvgIpc) is 2.55. The SMILES string of the molecule is CCCCC[C@@H]1CC[C@@H](c2ccc(C(=O)O)cc2)C[C@@H]1CC. The van der Waals surface area contributed by atoms with Crippen molar-refractivity contribution in [2.75, 3.05) is 0 Å². The summed E-state index contributed by atoms with van der Waals surface area (Å²) in [5.74, 6) is 1.54. The molecule has 2 nitrogen and oxygen atoms in total. The Bertz CT molecular complexity index is 463. The number of carboxylic acid groups (broad SMARTS) is 1. The fourth-order valence-electron chi connectivity index (χ4n) is 4.06. The van der Waals surface area contributed by atoms with Gasteiger partial charge in [0.25, 0.3) is 0 Å². The second-order valence-electron chi connectivity index (χ2n) is 6.86. The van der Waals surface area contributed by atoms with Crippen LogP contribution in [-0.4, -0.2) is 11.1 Å². The second-order valence-corrected chi connectivity index (χ2v) is 6.86. The molecule has 1 aliphatic carbocycles. The summed E-state index contributed by atoms with van der Waals surface area (Å²) in [5, 5.41) is 9.00. The van der Waals surface area contributed by atoms with Crippen molar-refractivity contribution in [3.8, 4) is 0 Å². The molecule has 22 heavy (non-hydrogen) atoms. The van der Waals surface area contributed by atoms with Crippen molar-refractivity contribution in [1.29, 1.82) is 0 Å². The molecule has 0 aromatic heterocycles. The van der Waals surface area contributed by atoms with Crippen molar-refractivity contribution in [2.45, 2.75) is 71.1 Å². The number of rotatable bonds is 7. The van der Waals surface area contributed by atoms with Crippen LogP contribution in [0.3, 0.4) is 0 Å². The Balaban J connectivity index is 1.96. The highest BCUT2D eigenvalue weighted by molar-refractivity contribution is 5.87. The highest BCUT2D eigenvalue weighted by Gasteiger charge is 2.29. The topological polar surface area (TPSA) is 37.3 Å². The van der Waals surface area contributed by atoms with E-state index in [9.17, 15) is 4.79 Å². The van der Waals surface area contributed by atoms with E-state index in [1.165, 1.54) is 56.9 Å². The highest BCUT2D eigenvalue weighted by Crippen LogP contribution is 2.43. The minimum absolute atomic E-state index is 0.393. The molecule has 122 valence electrons. The zero-order chi connectivity index (χ0) is 15.9. The molecule has 1 saturated carbocycles. The predicted octanol–water partition coefficient (Wildman–Crippen LogP) is 5.88. The quantitative estimate of drug-likeness (QED) is 0.639. The molecular formula is C20H30O2. The Kier molecular flexibility index (Phi) is 6.48. The zero-order valence-corrected chi connectivity index (χ0v) is 14.1.